The molecule has 6 nitrogen and oxygen atoms in total. The third kappa shape index (κ3) is 15.4. The lowest BCUT2D eigenvalue weighted by Gasteiger charge is -2.28. The van der Waals surface area contributed by atoms with Crippen LogP contribution in [0.4, 0.5) is 0 Å². The average molecular weight is 523 g/mol. The molecule has 0 atom stereocenters. The van der Waals surface area contributed by atoms with Gasteiger partial charge in [-0.25, -0.2) is 4.79 Å². The number of rotatable bonds is 23. The van der Waals surface area contributed by atoms with E-state index >= 15 is 0 Å². The number of carbonyl (C=O) groups excluding carboxylic acids is 1. The minimum Gasteiger partial charge on any atom is -0.494 e. The molecule has 0 heterocycles. The maximum atomic E-state index is 12.0. The van der Waals surface area contributed by atoms with Crippen molar-refractivity contribution in [3.63, 3.8) is 0 Å². The van der Waals surface area contributed by atoms with Gasteiger partial charge in [-0.1, -0.05) is 64.0 Å². The van der Waals surface area contributed by atoms with Crippen molar-refractivity contribution in [3.8, 4) is 5.75 Å². The van der Waals surface area contributed by atoms with Gasteiger partial charge in [0, 0.05) is 31.9 Å². The number of carbonyl (C=O) groups is 1. The Bertz CT molecular complexity index is 674. The molecule has 0 aromatic heterocycles. The highest BCUT2D eigenvalue weighted by molar-refractivity contribution is 6.60. The van der Waals surface area contributed by atoms with E-state index in [1.54, 1.807) is 6.08 Å². The van der Waals surface area contributed by atoms with Gasteiger partial charge in [-0.15, -0.1) is 0 Å². The molecule has 0 N–H and O–H groups in total. The van der Waals surface area contributed by atoms with Gasteiger partial charge in [0.15, 0.2) is 0 Å². The Kier molecular flexibility index (Phi) is 19.2. The van der Waals surface area contributed by atoms with E-state index in [0.717, 1.165) is 68.9 Å². The first-order chi connectivity index (χ1) is 17.6. The van der Waals surface area contributed by atoms with Crippen LogP contribution in [0.1, 0.15) is 97.5 Å². The number of hydrogen-bond acceptors (Lipinski definition) is 6. The van der Waals surface area contributed by atoms with E-state index in [1.807, 2.05) is 45.0 Å². The first kappa shape index (κ1) is 32.4. The van der Waals surface area contributed by atoms with Crippen molar-refractivity contribution in [3.05, 3.63) is 35.9 Å². The molecule has 1 aromatic rings. The van der Waals surface area contributed by atoms with E-state index in [2.05, 4.69) is 6.92 Å². The predicted molar refractivity (Wildman–Crippen MR) is 149 cm³/mol. The summed E-state index contributed by atoms with van der Waals surface area (Å²) in [6.07, 6.45) is 14.5. The van der Waals surface area contributed by atoms with E-state index in [-0.39, 0.29) is 5.97 Å². The van der Waals surface area contributed by atoms with Crippen molar-refractivity contribution >= 4 is 20.8 Å². The molecular formula is C29H50O6Si. The largest absolute Gasteiger partial charge is 0.500 e. The van der Waals surface area contributed by atoms with Crippen molar-refractivity contribution in [1.82, 2.24) is 0 Å². The van der Waals surface area contributed by atoms with Gasteiger partial charge >= 0.3 is 14.8 Å². The van der Waals surface area contributed by atoms with Crippen molar-refractivity contribution in [2.75, 3.05) is 33.0 Å². The highest BCUT2D eigenvalue weighted by atomic mass is 28.4. The lowest BCUT2D eigenvalue weighted by molar-refractivity contribution is -0.137. The Balaban J connectivity index is 2.13. The molecule has 0 fully saturated rings. The molecule has 0 aliphatic heterocycles. The molecule has 206 valence electrons. The van der Waals surface area contributed by atoms with Crippen LogP contribution in [0, 0.1) is 0 Å². The molecule has 0 amide bonds. The second-order valence-corrected chi connectivity index (χ2v) is 11.6. The van der Waals surface area contributed by atoms with Crippen LogP contribution in [0.3, 0.4) is 0 Å². The molecular weight excluding hydrogens is 472 g/mol. The van der Waals surface area contributed by atoms with E-state index in [0.29, 0.717) is 26.4 Å². The van der Waals surface area contributed by atoms with Crippen LogP contribution >= 0.6 is 0 Å². The fraction of sp³-hybridized carbons (Fsp3) is 0.690. The maximum Gasteiger partial charge on any atom is 0.500 e. The van der Waals surface area contributed by atoms with Crippen molar-refractivity contribution in [2.45, 2.75) is 97.9 Å². The smallest absolute Gasteiger partial charge is 0.494 e. The third-order valence-electron chi connectivity index (χ3n) is 5.77. The van der Waals surface area contributed by atoms with Crippen LogP contribution in [-0.2, 0) is 22.8 Å². The molecule has 0 bridgehead atoms. The molecule has 0 radical (unpaired) electrons. The highest BCUT2D eigenvalue weighted by Crippen LogP contribution is 2.21. The highest BCUT2D eigenvalue weighted by Gasteiger charge is 2.39. The maximum absolute atomic E-state index is 12.0. The van der Waals surface area contributed by atoms with Gasteiger partial charge < -0.3 is 22.8 Å². The molecule has 0 spiro atoms. The van der Waals surface area contributed by atoms with Gasteiger partial charge in [-0.05, 0) is 63.8 Å². The molecule has 36 heavy (non-hydrogen) atoms. The Morgan fingerprint density at radius 1 is 0.722 bits per heavy atom. The zero-order valence-corrected chi connectivity index (χ0v) is 24.2. The van der Waals surface area contributed by atoms with Gasteiger partial charge in [0.25, 0.3) is 0 Å². The Morgan fingerprint density at radius 2 is 1.28 bits per heavy atom. The van der Waals surface area contributed by atoms with E-state index in [4.69, 9.17) is 22.8 Å². The van der Waals surface area contributed by atoms with Gasteiger partial charge in [0.2, 0.25) is 0 Å². The minimum absolute atomic E-state index is 0.296. The van der Waals surface area contributed by atoms with Crippen LogP contribution in [0.25, 0.3) is 6.08 Å². The van der Waals surface area contributed by atoms with Gasteiger partial charge in [-0.2, -0.15) is 0 Å². The lowest BCUT2D eigenvalue weighted by Crippen LogP contribution is -2.45. The average Bonchev–Trinajstić information content (AvgIpc) is 2.87. The molecule has 1 rings (SSSR count). The molecule has 0 saturated carbocycles. The Morgan fingerprint density at radius 3 is 1.89 bits per heavy atom. The first-order valence-corrected chi connectivity index (χ1v) is 16.0. The van der Waals surface area contributed by atoms with Crippen LogP contribution in [0.2, 0.25) is 6.04 Å². The van der Waals surface area contributed by atoms with Crippen molar-refractivity contribution in [2.24, 2.45) is 0 Å². The Hall–Kier alpha value is -1.67. The summed E-state index contributed by atoms with van der Waals surface area (Å²) in [5.41, 5.74) is 0.954. The fourth-order valence-corrected chi connectivity index (χ4v) is 6.62. The number of esters is 1. The second-order valence-electron chi connectivity index (χ2n) is 8.83. The molecule has 7 heteroatoms. The summed E-state index contributed by atoms with van der Waals surface area (Å²) in [5.74, 6) is 0.570. The SMILES string of the molecule is CCCCCCOc1ccc(/C=C/C(=O)OCCCCCCCC[Si](OCC)(OCC)OCC)cc1. The lowest BCUT2D eigenvalue weighted by atomic mass is 10.1. The van der Waals surface area contributed by atoms with E-state index < -0.39 is 8.80 Å². The predicted octanol–water partition coefficient (Wildman–Crippen LogP) is 7.59. The molecule has 0 aliphatic rings. The zero-order valence-electron chi connectivity index (χ0n) is 23.2. The minimum atomic E-state index is -2.50. The Labute approximate surface area is 221 Å². The van der Waals surface area contributed by atoms with Crippen LogP contribution in [0.5, 0.6) is 5.75 Å². The van der Waals surface area contributed by atoms with E-state index in [1.165, 1.54) is 25.3 Å². The van der Waals surface area contributed by atoms with Crippen molar-refractivity contribution < 1.29 is 27.5 Å². The van der Waals surface area contributed by atoms with Gasteiger partial charge in [0.1, 0.15) is 5.75 Å². The summed E-state index contributed by atoms with van der Waals surface area (Å²) in [6, 6.07) is 8.67. The topological polar surface area (TPSA) is 63.2 Å². The van der Waals surface area contributed by atoms with E-state index in [9.17, 15) is 4.79 Å². The molecule has 1 aromatic carbocycles. The standard InChI is InChI=1S/C29H50O6Si/c1-5-9-10-15-24-31-28-21-18-27(19-22-28)20-23-29(30)32-25-16-13-11-12-14-17-26-36(33-6-2,34-7-3)35-8-4/h18-23H,5-17,24-26H2,1-4H3/b23-20+. The molecule has 0 saturated heterocycles. The zero-order chi connectivity index (χ0) is 26.3. The number of ether oxygens (including phenoxy) is 2. The molecule has 0 unspecified atom stereocenters. The summed E-state index contributed by atoms with van der Waals surface area (Å²) < 4.78 is 28.8. The first-order valence-electron chi connectivity index (χ1n) is 14.1. The summed E-state index contributed by atoms with van der Waals surface area (Å²) in [4.78, 5) is 12.0. The van der Waals surface area contributed by atoms with Crippen LogP contribution in [0.15, 0.2) is 30.3 Å². The summed E-state index contributed by atoms with van der Waals surface area (Å²) in [5, 5.41) is 0. The van der Waals surface area contributed by atoms with Gasteiger partial charge in [0.05, 0.1) is 13.2 Å². The number of unbranched alkanes of at least 4 members (excludes halogenated alkanes) is 8. The monoisotopic (exact) mass is 522 g/mol. The van der Waals surface area contributed by atoms with Crippen LogP contribution in [-0.4, -0.2) is 47.8 Å². The molecule has 0 aliphatic carbocycles. The number of benzene rings is 1. The summed E-state index contributed by atoms with van der Waals surface area (Å²) in [7, 11) is -2.50. The summed E-state index contributed by atoms with van der Waals surface area (Å²) in [6.45, 7) is 11.3. The normalized spacial score (nSPS) is 11.8. The second kappa shape index (κ2) is 21.4. The summed E-state index contributed by atoms with van der Waals surface area (Å²) >= 11 is 0. The van der Waals surface area contributed by atoms with Crippen LogP contribution < -0.4 is 4.74 Å². The number of hydrogen-bond donors (Lipinski definition) is 0. The third-order valence-corrected chi connectivity index (χ3v) is 8.92. The van der Waals surface area contributed by atoms with Crippen molar-refractivity contribution in [1.29, 1.82) is 0 Å². The quantitative estimate of drug-likeness (QED) is 0.0638. The fourth-order valence-electron chi connectivity index (χ4n) is 3.93. The van der Waals surface area contributed by atoms with Gasteiger partial charge in [-0.3, -0.25) is 0 Å².